The molecule has 0 aliphatic heterocycles. The average Bonchev–Trinajstić information content (AvgIpc) is 2.70. The third-order valence-electron chi connectivity index (χ3n) is 4.77. The van der Waals surface area contributed by atoms with Crippen LogP contribution in [0.3, 0.4) is 0 Å². The van der Waals surface area contributed by atoms with Gasteiger partial charge in [0.1, 0.15) is 6.04 Å². The summed E-state index contributed by atoms with van der Waals surface area (Å²) < 4.78 is 0. The second-order valence-electron chi connectivity index (χ2n) is 6.99. The van der Waals surface area contributed by atoms with Crippen LogP contribution >= 0.6 is 23.2 Å². The molecule has 0 radical (unpaired) electrons. The van der Waals surface area contributed by atoms with Gasteiger partial charge in [-0.3, -0.25) is 9.59 Å². The van der Waals surface area contributed by atoms with Crippen molar-refractivity contribution in [2.75, 3.05) is 6.54 Å². The monoisotopic (exact) mass is 434 g/mol. The molecular weight excluding hydrogens is 407 g/mol. The van der Waals surface area contributed by atoms with Gasteiger partial charge in [-0.2, -0.15) is 0 Å². The fourth-order valence-corrected chi connectivity index (χ4v) is 3.60. The van der Waals surface area contributed by atoms with Gasteiger partial charge in [0.05, 0.1) is 6.42 Å². The fraction of sp³-hybridized carbons (Fsp3) is 0.391. The van der Waals surface area contributed by atoms with Crippen molar-refractivity contribution in [1.29, 1.82) is 0 Å². The zero-order valence-corrected chi connectivity index (χ0v) is 18.5. The Kier molecular flexibility index (Phi) is 9.49. The van der Waals surface area contributed by atoms with Gasteiger partial charge in [-0.1, -0.05) is 79.9 Å². The number of benzene rings is 2. The minimum absolute atomic E-state index is 0.111. The Balaban J connectivity index is 2.27. The molecule has 0 saturated heterocycles. The summed E-state index contributed by atoms with van der Waals surface area (Å²) >= 11 is 12.4. The molecule has 0 aliphatic carbocycles. The van der Waals surface area contributed by atoms with Crippen molar-refractivity contribution in [3.8, 4) is 0 Å². The minimum atomic E-state index is -0.560. The molecule has 29 heavy (non-hydrogen) atoms. The predicted molar refractivity (Wildman–Crippen MR) is 119 cm³/mol. The first-order valence-corrected chi connectivity index (χ1v) is 10.8. The van der Waals surface area contributed by atoms with Gasteiger partial charge in [0.2, 0.25) is 11.8 Å². The van der Waals surface area contributed by atoms with Crippen LogP contribution in [0.4, 0.5) is 0 Å². The van der Waals surface area contributed by atoms with Crippen molar-refractivity contribution in [2.24, 2.45) is 0 Å². The Bertz CT molecular complexity index is 812. The molecule has 0 unspecified atom stereocenters. The third-order valence-corrected chi connectivity index (χ3v) is 5.36. The van der Waals surface area contributed by atoms with Crippen LogP contribution in [0.15, 0.2) is 48.5 Å². The summed E-state index contributed by atoms with van der Waals surface area (Å²) in [6, 6.07) is 14.2. The van der Waals surface area contributed by atoms with E-state index in [-0.39, 0.29) is 24.8 Å². The largest absolute Gasteiger partial charge is 0.354 e. The predicted octanol–water partition coefficient (Wildman–Crippen LogP) is 5.26. The Morgan fingerprint density at radius 1 is 1.07 bits per heavy atom. The zero-order chi connectivity index (χ0) is 21.2. The number of hydrogen-bond acceptors (Lipinski definition) is 2. The molecule has 1 N–H and O–H groups in total. The minimum Gasteiger partial charge on any atom is -0.354 e. The average molecular weight is 435 g/mol. The van der Waals surface area contributed by atoms with Gasteiger partial charge >= 0.3 is 0 Å². The number of unbranched alkanes of at least 4 members (excludes halogenated alkanes) is 1. The Morgan fingerprint density at radius 2 is 1.79 bits per heavy atom. The lowest BCUT2D eigenvalue weighted by Gasteiger charge is -2.31. The van der Waals surface area contributed by atoms with E-state index in [4.69, 9.17) is 23.2 Å². The molecule has 2 rings (SSSR count). The molecule has 156 valence electrons. The van der Waals surface area contributed by atoms with E-state index in [2.05, 4.69) is 12.2 Å². The number of carbonyl (C=O) groups excluding carboxylic acids is 2. The smallest absolute Gasteiger partial charge is 0.242 e. The number of hydrogen-bond donors (Lipinski definition) is 1. The Morgan fingerprint density at radius 3 is 2.41 bits per heavy atom. The van der Waals surface area contributed by atoms with Gasteiger partial charge in [0.25, 0.3) is 0 Å². The van der Waals surface area contributed by atoms with Crippen molar-refractivity contribution >= 4 is 35.0 Å². The molecule has 4 nitrogen and oxygen atoms in total. The molecule has 6 heteroatoms. The summed E-state index contributed by atoms with van der Waals surface area (Å²) in [4.78, 5) is 27.7. The molecule has 2 aromatic rings. The number of amides is 2. The lowest BCUT2D eigenvalue weighted by atomic mass is 10.1. The van der Waals surface area contributed by atoms with Crippen LogP contribution in [0.5, 0.6) is 0 Å². The topological polar surface area (TPSA) is 49.4 Å². The molecule has 0 spiro atoms. The Labute approximate surface area is 183 Å². The first kappa shape index (κ1) is 23.2. The van der Waals surface area contributed by atoms with Crippen molar-refractivity contribution in [3.63, 3.8) is 0 Å². The first-order chi connectivity index (χ1) is 14.0. The molecule has 1 atom stereocenters. The highest BCUT2D eigenvalue weighted by molar-refractivity contribution is 6.35. The van der Waals surface area contributed by atoms with Gasteiger partial charge in [-0.15, -0.1) is 0 Å². The summed E-state index contributed by atoms with van der Waals surface area (Å²) in [6.07, 6.45) is 2.64. The van der Waals surface area contributed by atoms with Crippen LogP contribution in [0.1, 0.15) is 44.2 Å². The van der Waals surface area contributed by atoms with E-state index in [0.29, 0.717) is 23.0 Å². The maximum absolute atomic E-state index is 13.2. The van der Waals surface area contributed by atoms with Gasteiger partial charge in [0.15, 0.2) is 0 Å². The quantitative estimate of drug-likeness (QED) is 0.518. The summed E-state index contributed by atoms with van der Waals surface area (Å²) in [5.74, 6) is -0.243. The van der Waals surface area contributed by atoms with Crippen molar-refractivity contribution < 1.29 is 9.59 Å². The van der Waals surface area contributed by atoms with E-state index in [9.17, 15) is 9.59 Å². The van der Waals surface area contributed by atoms with Crippen LogP contribution < -0.4 is 5.32 Å². The number of nitrogens with one attached hydrogen (secondary N) is 1. The zero-order valence-electron chi connectivity index (χ0n) is 17.0. The summed E-state index contributed by atoms with van der Waals surface area (Å²) in [7, 11) is 0. The van der Waals surface area contributed by atoms with Gasteiger partial charge in [-0.05, 0) is 36.1 Å². The number of nitrogens with zero attached hydrogens (tertiary/aromatic N) is 1. The molecular formula is C23H28Cl2N2O2. The lowest BCUT2D eigenvalue weighted by Crippen LogP contribution is -2.49. The molecule has 0 saturated carbocycles. The molecule has 0 aromatic heterocycles. The number of carbonyl (C=O) groups is 2. The molecule has 0 heterocycles. The summed E-state index contributed by atoms with van der Waals surface area (Å²) in [5.41, 5.74) is 1.67. The van der Waals surface area contributed by atoms with E-state index < -0.39 is 6.04 Å². The van der Waals surface area contributed by atoms with Crippen molar-refractivity contribution in [2.45, 2.75) is 52.1 Å². The molecule has 2 amide bonds. The third kappa shape index (κ3) is 7.06. The standard InChI is InChI=1S/C23H28Cl2N2O2/c1-3-5-13-26-23(29)21(4-2)27(16-18-11-12-19(24)15-20(18)25)22(28)14-17-9-7-6-8-10-17/h6-12,15,21H,3-5,13-14,16H2,1-2H3,(H,26,29)/t21-/m0/s1. The fourth-order valence-electron chi connectivity index (χ4n) is 3.13. The number of rotatable bonds is 10. The molecule has 0 bridgehead atoms. The van der Waals surface area contributed by atoms with Crippen LogP contribution in [0.25, 0.3) is 0 Å². The normalized spacial score (nSPS) is 11.7. The SMILES string of the molecule is CCCCNC(=O)[C@H](CC)N(Cc1ccc(Cl)cc1Cl)C(=O)Cc1ccccc1. The molecule has 2 aromatic carbocycles. The van der Waals surface area contributed by atoms with E-state index in [0.717, 1.165) is 24.0 Å². The van der Waals surface area contributed by atoms with Gasteiger partial charge < -0.3 is 10.2 Å². The van der Waals surface area contributed by atoms with E-state index in [1.54, 1.807) is 23.1 Å². The van der Waals surface area contributed by atoms with Crippen LogP contribution in [-0.2, 0) is 22.6 Å². The van der Waals surface area contributed by atoms with E-state index in [1.165, 1.54) is 0 Å². The molecule has 0 fully saturated rings. The van der Waals surface area contributed by atoms with Crippen LogP contribution in [0.2, 0.25) is 10.0 Å². The first-order valence-electron chi connectivity index (χ1n) is 10.0. The highest BCUT2D eigenvalue weighted by atomic mass is 35.5. The number of halogens is 2. The Hall–Kier alpha value is -2.04. The summed E-state index contributed by atoms with van der Waals surface area (Å²) in [5, 5.41) is 3.97. The highest BCUT2D eigenvalue weighted by Crippen LogP contribution is 2.24. The van der Waals surface area contributed by atoms with Gasteiger partial charge in [0, 0.05) is 23.1 Å². The molecule has 0 aliphatic rings. The van der Waals surface area contributed by atoms with E-state index >= 15 is 0 Å². The van der Waals surface area contributed by atoms with Crippen LogP contribution in [-0.4, -0.2) is 29.3 Å². The van der Waals surface area contributed by atoms with Crippen molar-refractivity contribution in [1.82, 2.24) is 10.2 Å². The highest BCUT2D eigenvalue weighted by Gasteiger charge is 2.29. The van der Waals surface area contributed by atoms with Crippen molar-refractivity contribution in [3.05, 3.63) is 69.7 Å². The van der Waals surface area contributed by atoms with Gasteiger partial charge in [-0.25, -0.2) is 0 Å². The second-order valence-corrected chi connectivity index (χ2v) is 7.83. The maximum atomic E-state index is 13.2. The van der Waals surface area contributed by atoms with Crippen LogP contribution in [0, 0.1) is 0 Å². The summed E-state index contributed by atoms with van der Waals surface area (Å²) in [6.45, 7) is 4.84. The lowest BCUT2D eigenvalue weighted by molar-refractivity contribution is -0.140. The van der Waals surface area contributed by atoms with E-state index in [1.807, 2.05) is 37.3 Å². The maximum Gasteiger partial charge on any atom is 0.242 e. The second kappa shape index (κ2) is 11.8.